The van der Waals surface area contributed by atoms with Gasteiger partial charge in [-0.2, -0.15) is 4.98 Å². The molecule has 0 saturated carbocycles. The first-order valence-corrected chi connectivity index (χ1v) is 6.30. The third-order valence-electron chi connectivity index (χ3n) is 2.20. The summed E-state index contributed by atoms with van der Waals surface area (Å²) in [6.07, 6.45) is 1.59. The van der Waals surface area contributed by atoms with Crippen molar-refractivity contribution < 1.29 is 9.32 Å². The molecule has 17 heavy (non-hydrogen) atoms. The van der Waals surface area contributed by atoms with Crippen molar-refractivity contribution in [3.05, 3.63) is 41.5 Å². The molecular weight excluding hydrogens is 236 g/mol. The number of hydrogen-bond acceptors (Lipinski definition) is 5. The molecule has 2 aromatic rings. The Kier molecular flexibility index (Phi) is 3.93. The average molecular weight is 248 g/mol. The quantitative estimate of drug-likeness (QED) is 0.601. The lowest BCUT2D eigenvalue weighted by atomic mass is 10.2. The molecule has 2 rings (SSSR count). The highest BCUT2D eigenvalue weighted by Gasteiger charge is 2.04. The Labute approximate surface area is 103 Å². The molecule has 0 saturated heterocycles. The molecule has 1 aromatic carbocycles. The summed E-state index contributed by atoms with van der Waals surface area (Å²) in [4.78, 5) is 15.8. The minimum Gasteiger partial charge on any atom is -0.339 e. The van der Waals surface area contributed by atoms with Crippen molar-refractivity contribution in [2.24, 2.45) is 0 Å². The zero-order valence-electron chi connectivity index (χ0n) is 9.42. The van der Waals surface area contributed by atoms with Crippen molar-refractivity contribution >= 4 is 18.0 Å². The van der Waals surface area contributed by atoms with Crippen molar-refractivity contribution in [3.8, 4) is 0 Å². The lowest BCUT2D eigenvalue weighted by Crippen LogP contribution is -1.85. The van der Waals surface area contributed by atoms with E-state index in [4.69, 9.17) is 4.52 Å². The Balaban J connectivity index is 1.94. The van der Waals surface area contributed by atoms with Crippen LogP contribution in [0, 0.1) is 0 Å². The predicted octanol–water partition coefficient (Wildman–Crippen LogP) is 2.74. The minimum absolute atomic E-state index is 0.664. The Bertz CT molecular complexity index is 493. The third-order valence-corrected chi connectivity index (χ3v) is 3.20. The molecule has 88 valence electrons. The van der Waals surface area contributed by atoms with Gasteiger partial charge in [0.15, 0.2) is 5.82 Å². The van der Waals surface area contributed by atoms with E-state index >= 15 is 0 Å². The molecule has 1 aromatic heterocycles. The molecule has 5 heteroatoms. The fourth-order valence-corrected chi connectivity index (χ4v) is 2.02. The first kappa shape index (κ1) is 11.9. The number of aromatic nitrogens is 2. The van der Waals surface area contributed by atoms with Crippen LogP contribution in [-0.4, -0.2) is 16.4 Å². The van der Waals surface area contributed by atoms with Crippen LogP contribution in [0.1, 0.15) is 29.0 Å². The van der Waals surface area contributed by atoms with E-state index < -0.39 is 0 Å². The largest absolute Gasteiger partial charge is 0.339 e. The SMILES string of the molecule is CCc1nc(CSc2ccc(C=O)cc2)no1. The second-order valence-electron chi connectivity index (χ2n) is 3.43. The monoisotopic (exact) mass is 248 g/mol. The average Bonchev–Trinajstić information content (AvgIpc) is 2.85. The third kappa shape index (κ3) is 3.17. The number of aryl methyl sites for hydroxylation is 1. The zero-order chi connectivity index (χ0) is 12.1. The molecule has 0 radical (unpaired) electrons. The molecule has 0 aliphatic carbocycles. The van der Waals surface area contributed by atoms with Crippen LogP contribution >= 0.6 is 11.8 Å². The van der Waals surface area contributed by atoms with Crippen LogP contribution in [0.5, 0.6) is 0 Å². The molecule has 0 aliphatic rings. The van der Waals surface area contributed by atoms with E-state index in [2.05, 4.69) is 10.1 Å². The van der Waals surface area contributed by atoms with Crippen molar-refractivity contribution in [1.29, 1.82) is 0 Å². The van der Waals surface area contributed by atoms with E-state index in [9.17, 15) is 4.79 Å². The van der Waals surface area contributed by atoms with Gasteiger partial charge in [0, 0.05) is 16.9 Å². The highest BCUT2D eigenvalue weighted by molar-refractivity contribution is 7.98. The standard InChI is InChI=1S/C12H12N2O2S/c1-2-12-13-11(14-16-12)8-17-10-5-3-9(7-15)4-6-10/h3-7H,2,8H2,1H3. The summed E-state index contributed by atoms with van der Waals surface area (Å²) in [6, 6.07) is 7.41. The van der Waals surface area contributed by atoms with Gasteiger partial charge in [-0.05, 0) is 12.1 Å². The Morgan fingerprint density at radius 3 is 2.71 bits per heavy atom. The number of carbonyl (C=O) groups is 1. The number of hydrogen-bond donors (Lipinski definition) is 0. The molecule has 0 amide bonds. The van der Waals surface area contributed by atoms with Crippen LogP contribution in [0.25, 0.3) is 0 Å². The molecule has 0 atom stereocenters. The maximum Gasteiger partial charge on any atom is 0.226 e. The van der Waals surface area contributed by atoms with Gasteiger partial charge in [0.25, 0.3) is 0 Å². The molecule has 0 aliphatic heterocycles. The van der Waals surface area contributed by atoms with Crippen molar-refractivity contribution in [2.75, 3.05) is 0 Å². The summed E-state index contributed by atoms with van der Waals surface area (Å²) < 4.78 is 5.02. The van der Waals surface area contributed by atoms with Crippen LogP contribution < -0.4 is 0 Å². The van der Waals surface area contributed by atoms with Gasteiger partial charge in [-0.25, -0.2) is 0 Å². The second-order valence-corrected chi connectivity index (χ2v) is 4.48. The summed E-state index contributed by atoms with van der Waals surface area (Å²) in [7, 11) is 0. The molecule has 1 heterocycles. The fraction of sp³-hybridized carbons (Fsp3) is 0.250. The normalized spacial score (nSPS) is 10.4. The lowest BCUT2D eigenvalue weighted by Gasteiger charge is -1.98. The number of carbonyl (C=O) groups excluding carboxylic acids is 1. The number of benzene rings is 1. The Hall–Kier alpha value is -1.62. The topological polar surface area (TPSA) is 56.0 Å². The number of thioether (sulfide) groups is 1. The fourth-order valence-electron chi connectivity index (χ4n) is 1.28. The van der Waals surface area contributed by atoms with Crippen LogP contribution in [0.2, 0.25) is 0 Å². The van der Waals surface area contributed by atoms with E-state index in [1.54, 1.807) is 23.9 Å². The Morgan fingerprint density at radius 1 is 1.35 bits per heavy atom. The first-order valence-electron chi connectivity index (χ1n) is 5.31. The van der Waals surface area contributed by atoms with Gasteiger partial charge in [-0.15, -0.1) is 11.8 Å². The number of aldehydes is 1. The zero-order valence-corrected chi connectivity index (χ0v) is 10.2. The predicted molar refractivity (Wildman–Crippen MR) is 65.1 cm³/mol. The molecule has 4 nitrogen and oxygen atoms in total. The molecular formula is C12H12N2O2S. The van der Waals surface area contributed by atoms with Crippen molar-refractivity contribution in [2.45, 2.75) is 24.0 Å². The van der Waals surface area contributed by atoms with Gasteiger partial charge >= 0.3 is 0 Å². The maximum absolute atomic E-state index is 10.5. The molecule has 0 unspecified atom stereocenters. The van der Waals surface area contributed by atoms with Crippen molar-refractivity contribution in [1.82, 2.24) is 10.1 Å². The van der Waals surface area contributed by atoms with E-state index in [1.807, 2.05) is 19.1 Å². The van der Waals surface area contributed by atoms with E-state index in [-0.39, 0.29) is 0 Å². The van der Waals surface area contributed by atoms with Gasteiger partial charge in [-0.1, -0.05) is 24.2 Å². The van der Waals surface area contributed by atoms with E-state index in [1.165, 1.54) is 0 Å². The van der Waals surface area contributed by atoms with Gasteiger partial charge < -0.3 is 4.52 Å². The van der Waals surface area contributed by atoms with Gasteiger partial charge in [0.05, 0.1) is 5.75 Å². The summed E-state index contributed by atoms with van der Waals surface area (Å²) in [6.45, 7) is 1.97. The first-order chi connectivity index (χ1) is 8.31. The van der Waals surface area contributed by atoms with Crippen molar-refractivity contribution in [3.63, 3.8) is 0 Å². The summed E-state index contributed by atoms with van der Waals surface area (Å²) in [5.74, 6) is 2.03. The van der Waals surface area contributed by atoms with Gasteiger partial charge in [0.2, 0.25) is 5.89 Å². The Morgan fingerprint density at radius 2 is 2.12 bits per heavy atom. The lowest BCUT2D eigenvalue weighted by molar-refractivity contribution is 0.112. The highest BCUT2D eigenvalue weighted by atomic mass is 32.2. The second kappa shape index (κ2) is 5.63. The summed E-state index contributed by atoms with van der Waals surface area (Å²) in [5.41, 5.74) is 0.683. The highest BCUT2D eigenvalue weighted by Crippen LogP contribution is 2.21. The van der Waals surface area contributed by atoms with E-state index in [0.717, 1.165) is 17.6 Å². The summed E-state index contributed by atoms with van der Waals surface area (Å²) >= 11 is 1.62. The van der Waals surface area contributed by atoms with Crippen LogP contribution in [-0.2, 0) is 12.2 Å². The number of nitrogens with zero attached hydrogens (tertiary/aromatic N) is 2. The maximum atomic E-state index is 10.5. The van der Waals surface area contributed by atoms with Crippen LogP contribution in [0.15, 0.2) is 33.7 Å². The van der Waals surface area contributed by atoms with Gasteiger partial charge in [-0.3, -0.25) is 4.79 Å². The molecule has 0 spiro atoms. The van der Waals surface area contributed by atoms with Crippen LogP contribution in [0.3, 0.4) is 0 Å². The molecule has 0 N–H and O–H groups in total. The smallest absolute Gasteiger partial charge is 0.226 e. The molecule has 0 fully saturated rings. The number of rotatable bonds is 5. The van der Waals surface area contributed by atoms with Gasteiger partial charge in [0.1, 0.15) is 6.29 Å². The minimum atomic E-state index is 0.664. The van der Waals surface area contributed by atoms with E-state index in [0.29, 0.717) is 23.0 Å². The summed E-state index contributed by atoms with van der Waals surface area (Å²) in [5, 5.41) is 3.87. The molecule has 0 bridgehead atoms. The van der Waals surface area contributed by atoms with Crippen LogP contribution in [0.4, 0.5) is 0 Å².